The topological polar surface area (TPSA) is 91.4 Å². The first-order valence-corrected chi connectivity index (χ1v) is 12.7. The highest BCUT2D eigenvalue weighted by atomic mass is 32.2. The fourth-order valence-electron chi connectivity index (χ4n) is 4.70. The molecular formula is C25H23FN2O5S. The van der Waals surface area contributed by atoms with Crippen molar-refractivity contribution in [1.82, 2.24) is 9.72 Å². The van der Waals surface area contributed by atoms with Gasteiger partial charge in [0.1, 0.15) is 23.6 Å². The van der Waals surface area contributed by atoms with Gasteiger partial charge in [-0.05, 0) is 54.7 Å². The number of ether oxygens (including phenoxy) is 1. The number of fused-ring (bicyclic) bond motifs is 1. The van der Waals surface area contributed by atoms with Gasteiger partial charge in [-0.2, -0.15) is 0 Å². The lowest BCUT2D eigenvalue weighted by molar-refractivity contribution is 0.410. The van der Waals surface area contributed by atoms with Crippen LogP contribution >= 0.6 is 0 Å². The van der Waals surface area contributed by atoms with Gasteiger partial charge in [-0.1, -0.05) is 18.0 Å². The predicted octanol–water partition coefficient (Wildman–Crippen LogP) is 4.76. The summed E-state index contributed by atoms with van der Waals surface area (Å²) in [7, 11) is -2.21. The Morgan fingerprint density at radius 2 is 1.91 bits per heavy atom. The minimum atomic E-state index is -3.69. The summed E-state index contributed by atoms with van der Waals surface area (Å²) in [5.41, 5.74) is 1.24. The average Bonchev–Trinajstić information content (AvgIpc) is 3.53. The Balaban J connectivity index is 1.62. The molecule has 4 aromatic rings. The third kappa shape index (κ3) is 4.00. The van der Waals surface area contributed by atoms with E-state index in [4.69, 9.17) is 9.26 Å². The van der Waals surface area contributed by atoms with Gasteiger partial charge in [-0.3, -0.25) is 9.36 Å². The minimum absolute atomic E-state index is 0.0860. The zero-order chi connectivity index (χ0) is 23.9. The molecule has 1 fully saturated rings. The van der Waals surface area contributed by atoms with Gasteiger partial charge >= 0.3 is 0 Å². The number of hydrogen-bond donors (Lipinski definition) is 0. The van der Waals surface area contributed by atoms with Crippen LogP contribution in [0.25, 0.3) is 16.6 Å². The van der Waals surface area contributed by atoms with Gasteiger partial charge in [0.05, 0.1) is 28.9 Å². The third-order valence-electron chi connectivity index (χ3n) is 6.39. The van der Waals surface area contributed by atoms with E-state index in [-0.39, 0.29) is 33.6 Å². The highest BCUT2D eigenvalue weighted by Crippen LogP contribution is 2.39. The Labute approximate surface area is 195 Å². The fourth-order valence-corrected chi connectivity index (χ4v) is 5.99. The molecule has 1 aliphatic rings. The van der Waals surface area contributed by atoms with Gasteiger partial charge in [0.25, 0.3) is 5.56 Å². The van der Waals surface area contributed by atoms with Gasteiger partial charge in [0, 0.05) is 23.6 Å². The molecule has 2 aromatic carbocycles. The Morgan fingerprint density at radius 1 is 1.12 bits per heavy atom. The van der Waals surface area contributed by atoms with Crippen LogP contribution in [-0.2, 0) is 15.6 Å². The van der Waals surface area contributed by atoms with E-state index in [0.29, 0.717) is 27.9 Å². The van der Waals surface area contributed by atoms with Crippen molar-refractivity contribution in [3.8, 4) is 11.4 Å². The summed E-state index contributed by atoms with van der Waals surface area (Å²) < 4.78 is 52.5. The molecule has 34 heavy (non-hydrogen) atoms. The average molecular weight is 483 g/mol. The van der Waals surface area contributed by atoms with Crippen LogP contribution in [0.3, 0.4) is 0 Å². The van der Waals surface area contributed by atoms with Gasteiger partial charge in [0.15, 0.2) is 9.84 Å². The van der Waals surface area contributed by atoms with E-state index in [9.17, 15) is 13.2 Å². The highest BCUT2D eigenvalue weighted by molar-refractivity contribution is 7.90. The molecule has 176 valence electrons. The molecule has 1 aliphatic carbocycles. The minimum Gasteiger partial charge on any atom is -0.495 e. The molecule has 0 saturated heterocycles. The van der Waals surface area contributed by atoms with E-state index in [1.165, 1.54) is 48.3 Å². The lowest BCUT2D eigenvalue weighted by atomic mass is 9.96. The van der Waals surface area contributed by atoms with Crippen molar-refractivity contribution in [3.05, 3.63) is 82.2 Å². The molecule has 0 amide bonds. The molecule has 0 radical (unpaired) electrons. The number of sulfone groups is 1. The van der Waals surface area contributed by atoms with Crippen LogP contribution in [-0.4, -0.2) is 25.3 Å². The maximum atomic E-state index is 15.2. The van der Waals surface area contributed by atoms with Crippen molar-refractivity contribution in [1.29, 1.82) is 0 Å². The maximum Gasteiger partial charge on any atom is 0.255 e. The summed E-state index contributed by atoms with van der Waals surface area (Å²) in [4.78, 5) is 13.0. The second kappa shape index (κ2) is 8.72. The normalized spacial score (nSPS) is 14.6. The van der Waals surface area contributed by atoms with E-state index in [1.54, 1.807) is 18.2 Å². The van der Waals surface area contributed by atoms with Crippen molar-refractivity contribution in [2.75, 3.05) is 7.11 Å². The second-order valence-electron chi connectivity index (χ2n) is 8.50. The summed E-state index contributed by atoms with van der Waals surface area (Å²) in [6, 6.07) is 11.9. The summed E-state index contributed by atoms with van der Waals surface area (Å²) in [6.07, 6.45) is 5.31. The van der Waals surface area contributed by atoms with Gasteiger partial charge in [-0.15, -0.1) is 0 Å². The van der Waals surface area contributed by atoms with Crippen molar-refractivity contribution < 1.29 is 22.1 Å². The molecule has 0 N–H and O–H groups in total. The van der Waals surface area contributed by atoms with Crippen molar-refractivity contribution in [2.24, 2.45) is 0 Å². The lowest BCUT2D eigenvalue weighted by Crippen LogP contribution is -2.19. The van der Waals surface area contributed by atoms with Crippen LogP contribution in [0.15, 0.2) is 69.0 Å². The standard InChI is InChI=1S/C25H23FN2O5S/c1-32-24-13-20(16-4-2-3-5-16)21(26)14-23(24)28-22-8-7-19(12-17(22)6-9-25(28)29)34(30,31)15-18-10-11-33-27-18/h6-14,16H,2-5,15H2,1H3. The molecule has 0 spiro atoms. The first kappa shape index (κ1) is 22.3. The van der Waals surface area contributed by atoms with Crippen LogP contribution < -0.4 is 10.3 Å². The molecule has 0 atom stereocenters. The first-order chi connectivity index (χ1) is 16.4. The summed E-state index contributed by atoms with van der Waals surface area (Å²) >= 11 is 0. The van der Waals surface area contributed by atoms with E-state index in [2.05, 4.69) is 5.16 Å². The Kier molecular flexibility index (Phi) is 5.73. The zero-order valence-electron chi connectivity index (χ0n) is 18.5. The summed E-state index contributed by atoms with van der Waals surface area (Å²) in [5.74, 6) is -0.153. The van der Waals surface area contributed by atoms with Gasteiger partial charge in [-0.25, -0.2) is 12.8 Å². The van der Waals surface area contributed by atoms with Crippen LogP contribution in [0.2, 0.25) is 0 Å². The Morgan fingerprint density at radius 3 is 2.62 bits per heavy atom. The molecule has 7 nitrogen and oxygen atoms in total. The molecular weight excluding hydrogens is 459 g/mol. The second-order valence-corrected chi connectivity index (χ2v) is 10.5. The monoisotopic (exact) mass is 482 g/mol. The number of nitrogens with zero attached hydrogens (tertiary/aromatic N) is 2. The number of halogens is 1. The van der Waals surface area contributed by atoms with Crippen molar-refractivity contribution >= 4 is 20.7 Å². The molecule has 0 unspecified atom stereocenters. The van der Waals surface area contributed by atoms with E-state index in [1.807, 2.05) is 0 Å². The largest absolute Gasteiger partial charge is 0.495 e. The molecule has 1 saturated carbocycles. The molecule has 9 heteroatoms. The van der Waals surface area contributed by atoms with E-state index >= 15 is 4.39 Å². The lowest BCUT2D eigenvalue weighted by Gasteiger charge is -2.18. The highest BCUT2D eigenvalue weighted by Gasteiger charge is 2.24. The smallest absolute Gasteiger partial charge is 0.255 e. The predicted molar refractivity (Wildman–Crippen MR) is 125 cm³/mol. The molecule has 0 bridgehead atoms. The van der Waals surface area contributed by atoms with Crippen molar-refractivity contribution in [3.63, 3.8) is 0 Å². The van der Waals surface area contributed by atoms with E-state index < -0.39 is 9.84 Å². The number of hydrogen-bond acceptors (Lipinski definition) is 6. The molecule has 5 rings (SSSR count). The van der Waals surface area contributed by atoms with Crippen molar-refractivity contribution in [2.45, 2.75) is 42.2 Å². The number of rotatable bonds is 6. The third-order valence-corrected chi connectivity index (χ3v) is 8.04. The van der Waals surface area contributed by atoms with Crippen LogP contribution in [0, 0.1) is 5.82 Å². The maximum absolute atomic E-state index is 15.2. The Bertz CT molecular complexity index is 1520. The zero-order valence-corrected chi connectivity index (χ0v) is 19.3. The van der Waals surface area contributed by atoms with Gasteiger partial charge < -0.3 is 9.26 Å². The SMILES string of the molecule is COc1cc(C2CCCC2)c(F)cc1-n1c(=O)ccc2cc(S(=O)(=O)Cc3ccon3)ccc21. The molecule has 2 heterocycles. The van der Waals surface area contributed by atoms with Crippen LogP contribution in [0.4, 0.5) is 4.39 Å². The van der Waals surface area contributed by atoms with Gasteiger partial charge in [0.2, 0.25) is 0 Å². The number of benzene rings is 2. The number of aromatic nitrogens is 2. The Hall–Kier alpha value is -3.46. The molecule has 0 aliphatic heterocycles. The first-order valence-electron chi connectivity index (χ1n) is 11.0. The number of pyridine rings is 1. The quantitative estimate of drug-likeness (QED) is 0.394. The van der Waals surface area contributed by atoms with Crippen LogP contribution in [0.1, 0.15) is 42.9 Å². The van der Waals surface area contributed by atoms with Crippen LogP contribution in [0.5, 0.6) is 5.75 Å². The molecule has 2 aromatic heterocycles. The summed E-state index contributed by atoms with van der Waals surface area (Å²) in [5, 5.41) is 4.19. The fraction of sp³-hybridized carbons (Fsp3) is 0.280. The summed E-state index contributed by atoms with van der Waals surface area (Å²) in [6.45, 7) is 0. The number of methoxy groups -OCH3 is 1. The van der Waals surface area contributed by atoms with E-state index in [0.717, 1.165) is 25.7 Å².